The summed E-state index contributed by atoms with van der Waals surface area (Å²) in [5.74, 6) is -2.91. The molecule has 2 N–H and O–H groups in total. The zero-order valence-corrected chi connectivity index (χ0v) is 26.2. The van der Waals surface area contributed by atoms with E-state index in [0.717, 1.165) is 41.9 Å². The molecule has 2 aliphatic rings. The van der Waals surface area contributed by atoms with Crippen molar-refractivity contribution in [2.45, 2.75) is 57.7 Å². The van der Waals surface area contributed by atoms with Crippen LogP contribution in [-0.2, 0) is 33.6 Å². The Morgan fingerprint density at radius 1 is 1.07 bits per heavy atom. The Morgan fingerprint density at radius 3 is 2.48 bits per heavy atom. The number of benzene rings is 2. The van der Waals surface area contributed by atoms with Gasteiger partial charge in [-0.2, -0.15) is 0 Å². The maximum atomic E-state index is 13.8. The molecule has 1 amide bonds. The molecule has 0 spiro atoms. The van der Waals surface area contributed by atoms with E-state index in [2.05, 4.69) is 15.8 Å². The molecule has 8 nitrogen and oxygen atoms in total. The molecular weight excluding hydrogens is 617 g/mol. The van der Waals surface area contributed by atoms with E-state index >= 15 is 0 Å². The second-order valence-corrected chi connectivity index (χ2v) is 12.6. The van der Waals surface area contributed by atoms with E-state index in [-0.39, 0.29) is 29.9 Å². The van der Waals surface area contributed by atoms with E-state index in [0.29, 0.717) is 44.5 Å². The van der Waals surface area contributed by atoms with Crippen LogP contribution in [-0.4, -0.2) is 29.4 Å². The molecule has 0 bridgehead atoms. The number of nitrogens with zero attached hydrogens (tertiary/aromatic N) is 2. The lowest BCUT2D eigenvalue weighted by atomic mass is 9.85. The monoisotopic (exact) mass is 648 g/mol. The Kier molecular flexibility index (Phi) is 8.32. The molecule has 0 radical (unpaired) electrons. The summed E-state index contributed by atoms with van der Waals surface area (Å²) in [6.45, 7) is 5.34. The number of pyridine rings is 1. The van der Waals surface area contributed by atoms with Crippen molar-refractivity contribution in [2.24, 2.45) is 5.10 Å². The van der Waals surface area contributed by atoms with E-state index in [1.54, 1.807) is 45.0 Å². The lowest BCUT2D eigenvalue weighted by Crippen LogP contribution is -2.37. The summed E-state index contributed by atoms with van der Waals surface area (Å²) in [6.07, 6.45) is 3.71. The van der Waals surface area contributed by atoms with Crippen molar-refractivity contribution in [3.63, 3.8) is 0 Å². The molecule has 238 valence electrons. The molecule has 4 aromatic rings. The van der Waals surface area contributed by atoms with Crippen molar-refractivity contribution < 1.29 is 32.2 Å². The zero-order chi connectivity index (χ0) is 32.6. The van der Waals surface area contributed by atoms with Gasteiger partial charge in [-0.15, -0.1) is 16.4 Å². The van der Waals surface area contributed by atoms with Gasteiger partial charge in [0.25, 0.3) is 5.91 Å². The van der Waals surface area contributed by atoms with Gasteiger partial charge < -0.3 is 14.8 Å². The Bertz CT molecular complexity index is 1860. The largest absolute Gasteiger partial charge is 0.462 e. The SMILES string of the molecule is CCOC(=O)c1cnc(CC2(c3ccc(F)cc3)CC2)c(C2(C)NN=C(C)O2)c1-c1ccc(C(=O)NCc2ccc(F)c(F)c2)s1. The summed E-state index contributed by atoms with van der Waals surface area (Å²) in [4.78, 5) is 32.3. The Morgan fingerprint density at radius 2 is 1.83 bits per heavy atom. The fraction of sp³-hybridized carbons (Fsp3) is 0.294. The minimum Gasteiger partial charge on any atom is -0.462 e. The maximum absolute atomic E-state index is 13.8. The van der Waals surface area contributed by atoms with Gasteiger partial charge in [0.15, 0.2) is 11.6 Å². The number of hydrazone groups is 1. The fourth-order valence-electron chi connectivity index (χ4n) is 5.81. The number of hydrogen-bond donors (Lipinski definition) is 2. The number of thiophene rings is 1. The van der Waals surface area contributed by atoms with Crippen molar-refractivity contribution in [1.29, 1.82) is 0 Å². The number of carbonyl (C=O) groups is 2. The van der Waals surface area contributed by atoms with E-state index in [1.165, 1.54) is 24.4 Å². The second kappa shape index (κ2) is 12.2. The van der Waals surface area contributed by atoms with Crippen LogP contribution in [0.3, 0.4) is 0 Å². The molecule has 1 atom stereocenters. The average molecular weight is 649 g/mol. The van der Waals surface area contributed by atoms with Gasteiger partial charge in [0.05, 0.1) is 22.7 Å². The van der Waals surface area contributed by atoms with Crippen LogP contribution < -0.4 is 10.7 Å². The normalized spacial score (nSPS) is 17.9. The van der Waals surface area contributed by atoms with Crippen molar-refractivity contribution in [3.05, 3.63) is 111 Å². The molecule has 2 aromatic carbocycles. The number of aromatic nitrogens is 1. The van der Waals surface area contributed by atoms with Gasteiger partial charge in [0.2, 0.25) is 11.6 Å². The number of hydrogen-bond acceptors (Lipinski definition) is 8. The number of rotatable bonds is 10. The van der Waals surface area contributed by atoms with Crippen LogP contribution in [0.15, 0.2) is 65.9 Å². The summed E-state index contributed by atoms with van der Waals surface area (Å²) in [7, 11) is 0. The lowest BCUT2D eigenvalue weighted by molar-refractivity contribution is 0.0522. The van der Waals surface area contributed by atoms with Crippen molar-refractivity contribution in [2.75, 3.05) is 6.61 Å². The van der Waals surface area contributed by atoms with Crippen LogP contribution >= 0.6 is 11.3 Å². The average Bonchev–Trinajstić information content (AvgIpc) is 3.48. The Labute approximate surface area is 267 Å². The quantitative estimate of drug-likeness (QED) is 0.185. The molecule has 3 heterocycles. The van der Waals surface area contributed by atoms with Crippen molar-refractivity contribution in [1.82, 2.24) is 15.7 Å². The van der Waals surface area contributed by atoms with Gasteiger partial charge in [0, 0.05) is 48.0 Å². The minimum atomic E-state index is -1.22. The summed E-state index contributed by atoms with van der Waals surface area (Å²) >= 11 is 1.15. The van der Waals surface area contributed by atoms with Gasteiger partial charge in [-0.1, -0.05) is 18.2 Å². The molecule has 46 heavy (non-hydrogen) atoms. The number of ether oxygens (including phenoxy) is 2. The molecule has 12 heteroatoms. The first kappa shape index (κ1) is 31.3. The predicted octanol–water partition coefficient (Wildman–Crippen LogP) is 6.73. The number of esters is 1. The summed E-state index contributed by atoms with van der Waals surface area (Å²) in [5, 5.41) is 7.02. The molecule has 1 aliphatic carbocycles. The summed E-state index contributed by atoms with van der Waals surface area (Å²) in [6, 6.07) is 13.3. The molecule has 1 saturated carbocycles. The third kappa shape index (κ3) is 6.09. The van der Waals surface area contributed by atoms with E-state index in [4.69, 9.17) is 14.5 Å². The third-order valence-electron chi connectivity index (χ3n) is 8.24. The highest BCUT2D eigenvalue weighted by atomic mass is 32.1. The zero-order valence-electron chi connectivity index (χ0n) is 25.4. The highest BCUT2D eigenvalue weighted by Crippen LogP contribution is 2.52. The Balaban J connectivity index is 1.42. The van der Waals surface area contributed by atoms with Crippen LogP contribution in [0, 0.1) is 17.5 Å². The number of carbonyl (C=O) groups excluding carboxylic acids is 2. The minimum absolute atomic E-state index is 0.0140. The van der Waals surface area contributed by atoms with Crippen LogP contribution in [0.5, 0.6) is 0 Å². The van der Waals surface area contributed by atoms with E-state index in [9.17, 15) is 22.8 Å². The molecule has 0 saturated heterocycles. The van der Waals surface area contributed by atoms with Crippen LogP contribution in [0.4, 0.5) is 13.2 Å². The topological polar surface area (TPSA) is 102 Å². The smallest absolute Gasteiger partial charge is 0.340 e. The van der Waals surface area contributed by atoms with Crippen LogP contribution in [0.1, 0.15) is 76.0 Å². The van der Waals surface area contributed by atoms with E-state index < -0.39 is 29.2 Å². The van der Waals surface area contributed by atoms with Crippen LogP contribution in [0.25, 0.3) is 10.4 Å². The van der Waals surface area contributed by atoms with Gasteiger partial charge in [-0.25, -0.2) is 18.0 Å². The molecule has 6 rings (SSSR count). The first-order valence-electron chi connectivity index (χ1n) is 14.8. The number of halogens is 3. The highest BCUT2D eigenvalue weighted by Gasteiger charge is 2.48. The van der Waals surface area contributed by atoms with Gasteiger partial charge >= 0.3 is 5.97 Å². The Hall–Kier alpha value is -4.71. The molecule has 1 unspecified atom stereocenters. The highest BCUT2D eigenvalue weighted by molar-refractivity contribution is 7.17. The van der Waals surface area contributed by atoms with Gasteiger partial charge in [-0.05, 0) is 73.7 Å². The second-order valence-electron chi connectivity index (χ2n) is 11.5. The number of amides is 1. The standard InChI is InChI=1S/C34H31F3N4O4S/c1-4-44-32(43)23-18-38-26(16-34(13-14-34)21-6-8-22(35)9-7-21)30(33(3)41-40-19(2)45-33)29(23)27-11-12-28(46-27)31(42)39-17-20-5-10-24(36)25(37)15-20/h5-12,15,18,41H,4,13-14,16-17H2,1-3H3,(H,39,42). The third-order valence-corrected chi connectivity index (χ3v) is 9.34. The fourth-order valence-corrected chi connectivity index (χ4v) is 6.80. The predicted molar refractivity (Wildman–Crippen MR) is 167 cm³/mol. The lowest BCUT2D eigenvalue weighted by Gasteiger charge is -2.30. The van der Waals surface area contributed by atoms with Crippen molar-refractivity contribution >= 4 is 29.1 Å². The first-order valence-corrected chi connectivity index (χ1v) is 15.6. The van der Waals surface area contributed by atoms with Crippen molar-refractivity contribution in [3.8, 4) is 10.4 Å². The maximum Gasteiger partial charge on any atom is 0.340 e. The molecule has 1 aliphatic heterocycles. The van der Waals surface area contributed by atoms with E-state index in [1.807, 2.05) is 0 Å². The summed E-state index contributed by atoms with van der Waals surface area (Å²) < 4.78 is 52.4. The molecular formula is C34H31F3N4O4S. The molecule has 2 aromatic heterocycles. The first-order chi connectivity index (χ1) is 22.0. The molecule has 1 fully saturated rings. The van der Waals surface area contributed by atoms with Crippen LogP contribution in [0.2, 0.25) is 0 Å². The van der Waals surface area contributed by atoms with Gasteiger partial charge in [-0.3, -0.25) is 15.2 Å². The van der Waals surface area contributed by atoms with Gasteiger partial charge in [0.1, 0.15) is 5.82 Å². The number of nitrogens with one attached hydrogen (secondary N) is 2. The summed E-state index contributed by atoms with van der Waals surface area (Å²) in [5.41, 5.74) is 4.88.